The standard InChI is InChI=1S/C19H23ClN6O4S/c1-13(17(30-3)18-22-10-14(20)11-23-18)31(27,28)12-16-24-25-19(26(16)8-9-29-2)15-6-4-5-7-21-15/h4-7,10-11,13,17H,8-9,12H2,1-3H3/t13-,17-/m0/s1. The molecule has 0 amide bonds. The minimum Gasteiger partial charge on any atom is -0.383 e. The highest BCUT2D eigenvalue weighted by molar-refractivity contribution is 7.91. The van der Waals surface area contributed by atoms with E-state index in [-0.39, 0.29) is 17.4 Å². The maximum Gasteiger partial charge on any atom is 0.182 e. The van der Waals surface area contributed by atoms with Gasteiger partial charge in [0.1, 0.15) is 23.4 Å². The van der Waals surface area contributed by atoms with E-state index in [1.807, 2.05) is 6.07 Å². The Morgan fingerprint density at radius 3 is 2.48 bits per heavy atom. The van der Waals surface area contributed by atoms with Gasteiger partial charge in [0, 0.05) is 39.4 Å². The van der Waals surface area contributed by atoms with E-state index in [1.54, 1.807) is 36.9 Å². The van der Waals surface area contributed by atoms with Crippen molar-refractivity contribution in [3.63, 3.8) is 0 Å². The van der Waals surface area contributed by atoms with E-state index in [0.29, 0.717) is 29.7 Å². The van der Waals surface area contributed by atoms with Crippen molar-refractivity contribution < 1.29 is 17.9 Å². The Morgan fingerprint density at radius 2 is 1.87 bits per heavy atom. The van der Waals surface area contributed by atoms with Gasteiger partial charge in [0.15, 0.2) is 21.5 Å². The summed E-state index contributed by atoms with van der Waals surface area (Å²) >= 11 is 5.83. The van der Waals surface area contributed by atoms with Gasteiger partial charge >= 0.3 is 0 Å². The molecule has 0 aliphatic heterocycles. The third-order valence-electron chi connectivity index (χ3n) is 4.71. The maximum absolute atomic E-state index is 13.2. The zero-order chi connectivity index (χ0) is 22.4. The Bertz CT molecular complexity index is 1090. The topological polar surface area (TPSA) is 122 Å². The van der Waals surface area contributed by atoms with E-state index in [4.69, 9.17) is 21.1 Å². The molecular weight excluding hydrogens is 444 g/mol. The first kappa shape index (κ1) is 23.2. The van der Waals surface area contributed by atoms with Gasteiger partial charge in [-0.15, -0.1) is 10.2 Å². The molecule has 0 unspecified atom stereocenters. The van der Waals surface area contributed by atoms with Gasteiger partial charge in [-0.1, -0.05) is 17.7 Å². The predicted octanol–water partition coefficient (Wildman–Crippen LogP) is 2.12. The van der Waals surface area contributed by atoms with Gasteiger partial charge in [-0.05, 0) is 19.1 Å². The van der Waals surface area contributed by atoms with Crippen molar-refractivity contribution in [1.29, 1.82) is 0 Å². The Morgan fingerprint density at radius 1 is 1.13 bits per heavy atom. The molecule has 3 rings (SSSR count). The largest absolute Gasteiger partial charge is 0.383 e. The third kappa shape index (κ3) is 5.42. The van der Waals surface area contributed by atoms with Crippen LogP contribution >= 0.6 is 11.6 Å². The van der Waals surface area contributed by atoms with Crippen LogP contribution in [0.3, 0.4) is 0 Å². The molecular formula is C19H23ClN6O4S. The molecule has 0 saturated heterocycles. The number of halogens is 1. The van der Waals surface area contributed by atoms with Crippen molar-refractivity contribution in [3.05, 3.63) is 53.5 Å². The molecule has 0 saturated carbocycles. The second kappa shape index (κ2) is 10.2. The Kier molecular flexibility index (Phi) is 7.65. The molecule has 2 atom stereocenters. The minimum atomic E-state index is -3.72. The number of nitrogens with zero attached hydrogens (tertiary/aromatic N) is 6. The number of sulfone groups is 1. The van der Waals surface area contributed by atoms with Crippen molar-refractivity contribution in [2.24, 2.45) is 0 Å². The molecule has 0 aromatic carbocycles. The Balaban J connectivity index is 1.90. The highest BCUT2D eigenvalue weighted by Gasteiger charge is 2.34. The zero-order valence-electron chi connectivity index (χ0n) is 17.3. The van der Waals surface area contributed by atoms with Crippen molar-refractivity contribution in [2.75, 3.05) is 20.8 Å². The maximum atomic E-state index is 13.2. The number of pyridine rings is 1. The molecule has 166 valence electrons. The van der Waals surface area contributed by atoms with Crippen molar-refractivity contribution in [2.45, 2.75) is 30.6 Å². The summed E-state index contributed by atoms with van der Waals surface area (Å²) in [6, 6.07) is 5.40. The number of rotatable bonds is 10. The minimum absolute atomic E-state index is 0.234. The molecule has 0 spiro atoms. The van der Waals surface area contributed by atoms with E-state index in [1.165, 1.54) is 19.5 Å². The molecule has 0 bridgehead atoms. The first-order chi connectivity index (χ1) is 14.9. The second-order valence-electron chi connectivity index (χ2n) is 6.73. The van der Waals surface area contributed by atoms with Crippen molar-refractivity contribution in [3.8, 4) is 11.5 Å². The van der Waals surface area contributed by atoms with Gasteiger partial charge in [-0.2, -0.15) is 0 Å². The van der Waals surface area contributed by atoms with Crippen LogP contribution in [-0.2, 0) is 31.6 Å². The van der Waals surface area contributed by atoms with Crippen LogP contribution in [-0.4, -0.2) is 64.2 Å². The number of methoxy groups -OCH3 is 2. The van der Waals surface area contributed by atoms with Crippen molar-refractivity contribution >= 4 is 21.4 Å². The summed E-state index contributed by atoms with van der Waals surface area (Å²) in [5.41, 5.74) is 0.590. The van der Waals surface area contributed by atoms with Gasteiger partial charge < -0.3 is 14.0 Å². The molecule has 3 heterocycles. The molecule has 0 radical (unpaired) electrons. The predicted molar refractivity (Wildman–Crippen MR) is 114 cm³/mol. The Labute approximate surface area is 185 Å². The number of aromatic nitrogens is 6. The average molecular weight is 467 g/mol. The molecule has 0 N–H and O–H groups in total. The molecule has 12 heteroatoms. The summed E-state index contributed by atoms with van der Waals surface area (Å²) in [6.07, 6.45) is 3.57. The third-order valence-corrected chi connectivity index (χ3v) is 6.95. The smallest absolute Gasteiger partial charge is 0.182 e. The van der Waals surface area contributed by atoms with Crippen LogP contribution < -0.4 is 0 Å². The summed E-state index contributed by atoms with van der Waals surface area (Å²) in [4.78, 5) is 12.5. The molecule has 3 aromatic rings. The van der Waals surface area contributed by atoms with Crippen LogP contribution in [0.25, 0.3) is 11.5 Å². The van der Waals surface area contributed by atoms with Gasteiger partial charge in [0.05, 0.1) is 16.9 Å². The normalized spacial score (nSPS) is 13.8. The van der Waals surface area contributed by atoms with E-state index < -0.39 is 21.2 Å². The lowest BCUT2D eigenvalue weighted by molar-refractivity contribution is 0.0948. The SMILES string of the molecule is COCCn1c(CS(=O)(=O)[C@@H](C)[C@H](OC)c2ncc(Cl)cn2)nnc1-c1ccccn1. The zero-order valence-corrected chi connectivity index (χ0v) is 18.9. The fourth-order valence-corrected chi connectivity index (χ4v) is 4.56. The van der Waals surface area contributed by atoms with E-state index in [9.17, 15) is 8.42 Å². The quantitative estimate of drug-likeness (QED) is 0.442. The molecule has 10 nitrogen and oxygen atoms in total. The van der Waals surface area contributed by atoms with Gasteiger partial charge in [-0.3, -0.25) is 4.98 Å². The number of ether oxygens (including phenoxy) is 2. The Hall–Kier alpha value is -2.47. The van der Waals surface area contributed by atoms with Crippen LogP contribution in [0.15, 0.2) is 36.8 Å². The first-order valence-electron chi connectivity index (χ1n) is 9.41. The lowest BCUT2D eigenvalue weighted by atomic mass is 10.2. The fourth-order valence-electron chi connectivity index (χ4n) is 3.02. The molecule has 0 fully saturated rings. The molecule has 3 aromatic heterocycles. The van der Waals surface area contributed by atoms with Crippen LogP contribution in [0.5, 0.6) is 0 Å². The second-order valence-corrected chi connectivity index (χ2v) is 9.52. The van der Waals surface area contributed by atoms with Crippen LogP contribution in [0, 0.1) is 0 Å². The number of hydrogen-bond donors (Lipinski definition) is 0. The van der Waals surface area contributed by atoms with Crippen LogP contribution in [0.4, 0.5) is 0 Å². The lowest BCUT2D eigenvalue weighted by Crippen LogP contribution is -2.30. The number of hydrogen-bond acceptors (Lipinski definition) is 9. The summed E-state index contributed by atoms with van der Waals surface area (Å²) in [5.74, 6) is 0.653. The van der Waals surface area contributed by atoms with Gasteiger partial charge in [0.25, 0.3) is 0 Å². The fraction of sp³-hybridized carbons (Fsp3) is 0.421. The summed E-state index contributed by atoms with van der Waals surface area (Å²) < 4.78 is 38.7. The molecule has 31 heavy (non-hydrogen) atoms. The highest BCUT2D eigenvalue weighted by atomic mass is 35.5. The monoisotopic (exact) mass is 466 g/mol. The van der Waals surface area contributed by atoms with Crippen LogP contribution in [0.2, 0.25) is 5.02 Å². The summed E-state index contributed by atoms with van der Waals surface area (Å²) in [6.45, 7) is 2.29. The lowest BCUT2D eigenvalue weighted by Gasteiger charge is -2.21. The highest BCUT2D eigenvalue weighted by Crippen LogP contribution is 2.26. The van der Waals surface area contributed by atoms with Crippen molar-refractivity contribution in [1.82, 2.24) is 29.7 Å². The van der Waals surface area contributed by atoms with Gasteiger partial charge in [-0.25, -0.2) is 18.4 Å². The first-order valence-corrected chi connectivity index (χ1v) is 11.5. The summed E-state index contributed by atoms with van der Waals surface area (Å²) in [5, 5.41) is 7.72. The van der Waals surface area contributed by atoms with Crippen LogP contribution in [0.1, 0.15) is 24.7 Å². The average Bonchev–Trinajstić information content (AvgIpc) is 3.16. The van der Waals surface area contributed by atoms with E-state index >= 15 is 0 Å². The molecule has 0 aliphatic rings. The van der Waals surface area contributed by atoms with Gasteiger partial charge in [0.2, 0.25) is 0 Å². The molecule has 0 aliphatic carbocycles. The summed E-state index contributed by atoms with van der Waals surface area (Å²) in [7, 11) is -0.742. The van der Waals surface area contributed by atoms with E-state index in [0.717, 1.165) is 0 Å². The van der Waals surface area contributed by atoms with E-state index in [2.05, 4.69) is 25.1 Å².